The highest BCUT2D eigenvalue weighted by Crippen LogP contribution is 2.28. The van der Waals surface area contributed by atoms with E-state index in [4.69, 9.17) is 11.6 Å². The second-order valence-corrected chi connectivity index (χ2v) is 4.92. The molecule has 2 aromatic rings. The van der Waals surface area contributed by atoms with Crippen LogP contribution in [0.5, 0.6) is 5.75 Å². The summed E-state index contributed by atoms with van der Waals surface area (Å²) in [5.74, 6) is 1.49. The Labute approximate surface area is 123 Å². The molecule has 5 heteroatoms. The minimum atomic E-state index is 0.0615. The van der Waals surface area contributed by atoms with E-state index < -0.39 is 0 Å². The Hall–Kier alpha value is -1.81. The molecule has 0 fully saturated rings. The summed E-state index contributed by atoms with van der Waals surface area (Å²) in [4.78, 5) is 9.01. The summed E-state index contributed by atoms with van der Waals surface area (Å²) >= 11 is 5.94. The zero-order chi connectivity index (χ0) is 14.5. The number of hydrogen-bond donors (Lipinski definition) is 2. The second-order valence-electron chi connectivity index (χ2n) is 4.51. The first kappa shape index (κ1) is 14.6. The smallest absolute Gasteiger partial charge is 0.161 e. The minimum absolute atomic E-state index is 0.0615. The van der Waals surface area contributed by atoms with Gasteiger partial charge in [0, 0.05) is 23.9 Å². The molecule has 1 aromatic heterocycles. The van der Waals surface area contributed by atoms with Crippen molar-refractivity contribution in [2.24, 2.45) is 0 Å². The van der Waals surface area contributed by atoms with Gasteiger partial charge in [0.05, 0.1) is 5.02 Å². The summed E-state index contributed by atoms with van der Waals surface area (Å²) in [7, 11) is 0. The van der Waals surface area contributed by atoms with Gasteiger partial charge in [-0.05, 0) is 31.0 Å². The van der Waals surface area contributed by atoms with E-state index in [0.717, 1.165) is 36.5 Å². The molecule has 2 rings (SSSR count). The standard InChI is InChI=1S/C15H18ClN3O/c1-3-7-17-14-9-11(4-2)18-15(19-14)10-5-6-13(20)12(16)8-10/h5-6,8-9,20H,3-4,7H2,1-2H3,(H,17,18,19). The third-order valence-corrected chi connectivity index (χ3v) is 3.21. The highest BCUT2D eigenvalue weighted by Gasteiger charge is 2.08. The van der Waals surface area contributed by atoms with E-state index in [-0.39, 0.29) is 5.75 Å². The lowest BCUT2D eigenvalue weighted by Gasteiger charge is -2.09. The molecule has 1 aromatic carbocycles. The van der Waals surface area contributed by atoms with E-state index >= 15 is 0 Å². The molecule has 0 saturated heterocycles. The van der Waals surface area contributed by atoms with Crippen LogP contribution in [0.25, 0.3) is 11.4 Å². The van der Waals surface area contributed by atoms with Crippen LogP contribution in [-0.2, 0) is 6.42 Å². The minimum Gasteiger partial charge on any atom is -0.506 e. The number of rotatable bonds is 5. The first-order valence-electron chi connectivity index (χ1n) is 6.74. The summed E-state index contributed by atoms with van der Waals surface area (Å²) in [6.45, 7) is 5.03. The molecule has 0 aliphatic rings. The molecule has 0 atom stereocenters. The van der Waals surface area contributed by atoms with Gasteiger partial charge in [-0.3, -0.25) is 0 Å². The van der Waals surface area contributed by atoms with Gasteiger partial charge in [0.15, 0.2) is 5.82 Å². The van der Waals surface area contributed by atoms with Crippen LogP contribution in [0.2, 0.25) is 5.02 Å². The van der Waals surface area contributed by atoms with Crippen LogP contribution in [0, 0.1) is 0 Å². The molecule has 4 nitrogen and oxygen atoms in total. The number of aromatic nitrogens is 2. The van der Waals surface area contributed by atoms with Gasteiger partial charge in [0.1, 0.15) is 11.6 Å². The first-order chi connectivity index (χ1) is 9.63. The molecule has 106 valence electrons. The Morgan fingerprint density at radius 2 is 2.00 bits per heavy atom. The SMILES string of the molecule is CCCNc1cc(CC)nc(-c2ccc(O)c(Cl)c2)n1. The van der Waals surface area contributed by atoms with Crippen molar-refractivity contribution in [1.29, 1.82) is 0 Å². The van der Waals surface area contributed by atoms with Crippen molar-refractivity contribution in [2.45, 2.75) is 26.7 Å². The van der Waals surface area contributed by atoms with Crippen LogP contribution >= 0.6 is 11.6 Å². The maximum absolute atomic E-state index is 9.48. The largest absolute Gasteiger partial charge is 0.506 e. The quantitative estimate of drug-likeness (QED) is 0.877. The van der Waals surface area contributed by atoms with E-state index in [1.54, 1.807) is 18.2 Å². The summed E-state index contributed by atoms with van der Waals surface area (Å²) in [5.41, 5.74) is 1.76. The monoisotopic (exact) mass is 291 g/mol. The number of phenols is 1. The molecular formula is C15H18ClN3O. The summed E-state index contributed by atoms with van der Waals surface area (Å²) < 4.78 is 0. The average molecular weight is 292 g/mol. The van der Waals surface area contributed by atoms with Crippen molar-refractivity contribution in [3.05, 3.63) is 35.0 Å². The molecule has 2 N–H and O–H groups in total. The molecule has 1 heterocycles. The lowest BCUT2D eigenvalue weighted by Crippen LogP contribution is -2.05. The van der Waals surface area contributed by atoms with Crippen molar-refractivity contribution >= 4 is 17.4 Å². The van der Waals surface area contributed by atoms with Gasteiger partial charge in [-0.2, -0.15) is 0 Å². The molecule has 0 bridgehead atoms. The Morgan fingerprint density at radius 1 is 1.20 bits per heavy atom. The van der Waals surface area contributed by atoms with E-state index in [2.05, 4.69) is 29.1 Å². The number of aromatic hydroxyl groups is 1. The van der Waals surface area contributed by atoms with Gasteiger partial charge in [-0.1, -0.05) is 25.4 Å². The molecule has 0 radical (unpaired) electrons. The normalized spacial score (nSPS) is 10.6. The van der Waals surface area contributed by atoms with Crippen LogP contribution in [0.3, 0.4) is 0 Å². The van der Waals surface area contributed by atoms with E-state index in [1.165, 1.54) is 0 Å². The first-order valence-corrected chi connectivity index (χ1v) is 7.12. The zero-order valence-electron chi connectivity index (χ0n) is 11.7. The molecule has 0 aliphatic heterocycles. The van der Waals surface area contributed by atoms with Crippen LogP contribution in [-0.4, -0.2) is 21.6 Å². The molecule has 0 aliphatic carbocycles. The lowest BCUT2D eigenvalue weighted by molar-refractivity contribution is 0.475. The summed E-state index contributed by atoms with van der Waals surface area (Å²) in [6, 6.07) is 6.95. The number of nitrogens with zero attached hydrogens (tertiary/aromatic N) is 2. The number of anilines is 1. The molecule has 0 amide bonds. The lowest BCUT2D eigenvalue weighted by atomic mass is 10.2. The maximum atomic E-state index is 9.48. The predicted octanol–water partition coefficient (Wildman–Crippen LogP) is 3.89. The Balaban J connectivity index is 2.41. The van der Waals surface area contributed by atoms with Crippen LogP contribution < -0.4 is 5.32 Å². The molecular weight excluding hydrogens is 274 g/mol. The second kappa shape index (κ2) is 6.57. The van der Waals surface area contributed by atoms with E-state index in [0.29, 0.717) is 10.8 Å². The van der Waals surface area contributed by atoms with Crippen LogP contribution in [0.1, 0.15) is 26.0 Å². The van der Waals surface area contributed by atoms with Crippen LogP contribution in [0.15, 0.2) is 24.3 Å². The van der Waals surface area contributed by atoms with Gasteiger partial charge in [-0.25, -0.2) is 9.97 Å². The fraction of sp³-hybridized carbons (Fsp3) is 0.333. The van der Waals surface area contributed by atoms with Gasteiger partial charge >= 0.3 is 0 Å². The van der Waals surface area contributed by atoms with Gasteiger partial charge in [-0.15, -0.1) is 0 Å². The Bertz CT molecular complexity index is 602. The molecule has 20 heavy (non-hydrogen) atoms. The molecule has 0 spiro atoms. The highest BCUT2D eigenvalue weighted by atomic mass is 35.5. The molecule has 0 saturated carbocycles. The highest BCUT2D eigenvalue weighted by molar-refractivity contribution is 6.32. The Morgan fingerprint density at radius 3 is 2.65 bits per heavy atom. The third kappa shape index (κ3) is 3.39. The van der Waals surface area contributed by atoms with E-state index in [9.17, 15) is 5.11 Å². The Kier molecular flexibility index (Phi) is 4.79. The summed E-state index contributed by atoms with van der Waals surface area (Å²) in [5, 5.41) is 13.1. The van der Waals surface area contributed by atoms with Crippen LogP contribution in [0.4, 0.5) is 5.82 Å². The van der Waals surface area contributed by atoms with Crippen molar-refractivity contribution in [2.75, 3.05) is 11.9 Å². The summed E-state index contributed by atoms with van der Waals surface area (Å²) in [6.07, 6.45) is 1.87. The third-order valence-electron chi connectivity index (χ3n) is 2.90. The number of nitrogens with one attached hydrogen (secondary N) is 1. The molecule has 0 unspecified atom stereocenters. The number of hydrogen-bond acceptors (Lipinski definition) is 4. The van der Waals surface area contributed by atoms with Gasteiger partial charge in [0.25, 0.3) is 0 Å². The van der Waals surface area contributed by atoms with Gasteiger partial charge < -0.3 is 10.4 Å². The number of phenolic OH excluding ortho intramolecular Hbond substituents is 1. The number of aryl methyl sites for hydroxylation is 1. The zero-order valence-corrected chi connectivity index (χ0v) is 12.4. The number of halogens is 1. The van der Waals surface area contributed by atoms with Crippen molar-refractivity contribution in [3.63, 3.8) is 0 Å². The van der Waals surface area contributed by atoms with Crippen molar-refractivity contribution < 1.29 is 5.11 Å². The van der Waals surface area contributed by atoms with E-state index in [1.807, 2.05) is 6.07 Å². The predicted molar refractivity (Wildman–Crippen MR) is 82.3 cm³/mol. The maximum Gasteiger partial charge on any atom is 0.161 e. The van der Waals surface area contributed by atoms with Crippen molar-refractivity contribution in [3.8, 4) is 17.1 Å². The van der Waals surface area contributed by atoms with Gasteiger partial charge in [0.2, 0.25) is 0 Å². The number of benzene rings is 1. The van der Waals surface area contributed by atoms with Crippen molar-refractivity contribution in [1.82, 2.24) is 9.97 Å². The topological polar surface area (TPSA) is 58.0 Å². The fourth-order valence-corrected chi connectivity index (χ4v) is 1.98. The average Bonchev–Trinajstić information content (AvgIpc) is 2.47. The fourth-order valence-electron chi connectivity index (χ4n) is 1.80.